The Bertz CT molecular complexity index is 270. The Balaban J connectivity index is 2.02. The maximum Gasteiger partial charge on any atom is 0.242 e. The average molecular weight is 165 g/mol. The minimum Gasteiger partial charge on any atom is -0.295 e. The first-order valence-electron chi connectivity index (χ1n) is 4.59. The maximum atomic E-state index is 11.3. The summed E-state index contributed by atoms with van der Waals surface area (Å²) < 4.78 is 0. The van der Waals surface area contributed by atoms with Crippen LogP contribution in [0, 0.1) is 17.3 Å². The molecule has 2 aliphatic carbocycles. The first-order valence-corrected chi connectivity index (χ1v) is 4.59. The number of amides is 2. The van der Waals surface area contributed by atoms with E-state index >= 15 is 0 Å². The van der Waals surface area contributed by atoms with Crippen LogP contribution in [0.25, 0.3) is 0 Å². The smallest absolute Gasteiger partial charge is 0.242 e. The molecule has 3 heteroatoms. The Hall–Kier alpha value is -0.860. The van der Waals surface area contributed by atoms with Gasteiger partial charge in [0.1, 0.15) is 5.41 Å². The number of fused-ring (bicyclic) bond motifs is 3. The zero-order valence-electron chi connectivity index (χ0n) is 6.80. The van der Waals surface area contributed by atoms with E-state index < -0.39 is 5.41 Å². The second-order valence-corrected chi connectivity index (χ2v) is 4.33. The second kappa shape index (κ2) is 1.73. The van der Waals surface area contributed by atoms with Gasteiger partial charge in [0, 0.05) is 0 Å². The van der Waals surface area contributed by atoms with E-state index in [-0.39, 0.29) is 11.8 Å². The van der Waals surface area contributed by atoms with Gasteiger partial charge in [-0.3, -0.25) is 14.9 Å². The molecule has 3 nitrogen and oxygen atoms in total. The van der Waals surface area contributed by atoms with Crippen molar-refractivity contribution in [3.63, 3.8) is 0 Å². The van der Waals surface area contributed by atoms with Gasteiger partial charge in [-0.1, -0.05) is 6.42 Å². The van der Waals surface area contributed by atoms with Gasteiger partial charge in [-0.25, -0.2) is 0 Å². The molecule has 1 aliphatic heterocycles. The molecule has 1 spiro atoms. The first kappa shape index (κ1) is 6.63. The summed E-state index contributed by atoms with van der Waals surface area (Å²) in [6.45, 7) is 0. The van der Waals surface area contributed by atoms with Crippen molar-refractivity contribution in [1.29, 1.82) is 0 Å². The molecule has 2 amide bonds. The van der Waals surface area contributed by atoms with Crippen LogP contribution in [0.15, 0.2) is 0 Å². The molecule has 0 aromatic carbocycles. The van der Waals surface area contributed by atoms with Crippen LogP contribution in [0.5, 0.6) is 0 Å². The monoisotopic (exact) mass is 165 g/mol. The highest BCUT2D eigenvalue weighted by Crippen LogP contribution is 2.58. The fraction of sp³-hybridized carbons (Fsp3) is 0.778. The van der Waals surface area contributed by atoms with Gasteiger partial charge in [-0.05, 0) is 31.1 Å². The molecule has 12 heavy (non-hydrogen) atoms. The van der Waals surface area contributed by atoms with E-state index in [1.807, 2.05) is 0 Å². The van der Waals surface area contributed by atoms with Crippen molar-refractivity contribution >= 4 is 11.8 Å². The lowest BCUT2D eigenvalue weighted by Gasteiger charge is -2.41. The predicted molar refractivity (Wildman–Crippen MR) is 41.0 cm³/mol. The number of β-lactam (4-membered cyclic amide) rings is 2. The van der Waals surface area contributed by atoms with E-state index in [0.29, 0.717) is 11.8 Å². The summed E-state index contributed by atoms with van der Waals surface area (Å²) in [6.07, 6.45) is 4.26. The summed E-state index contributed by atoms with van der Waals surface area (Å²) in [5, 5.41) is 2.35. The van der Waals surface area contributed by atoms with Gasteiger partial charge in [0.05, 0.1) is 0 Å². The van der Waals surface area contributed by atoms with Crippen molar-refractivity contribution in [2.24, 2.45) is 17.3 Å². The van der Waals surface area contributed by atoms with Crippen LogP contribution in [0.3, 0.4) is 0 Å². The van der Waals surface area contributed by atoms with Gasteiger partial charge in [-0.2, -0.15) is 0 Å². The van der Waals surface area contributed by atoms with Crippen molar-refractivity contribution in [1.82, 2.24) is 5.32 Å². The van der Waals surface area contributed by atoms with Crippen molar-refractivity contribution in [3.8, 4) is 0 Å². The van der Waals surface area contributed by atoms with Crippen LogP contribution in [0.2, 0.25) is 0 Å². The number of carbonyl (C=O) groups excluding carboxylic acids is 2. The molecule has 0 aromatic rings. The van der Waals surface area contributed by atoms with Crippen LogP contribution < -0.4 is 5.32 Å². The van der Waals surface area contributed by atoms with Crippen LogP contribution in [0.4, 0.5) is 0 Å². The summed E-state index contributed by atoms with van der Waals surface area (Å²) in [5.74, 6) is 1.04. The topological polar surface area (TPSA) is 46.2 Å². The number of rotatable bonds is 0. The normalized spacial score (nSPS) is 41.7. The van der Waals surface area contributed by atoms with Crippen LogP contribution in [-0.2, 0) is 9.59 Å². The molecule has 64 valence electrons. The van der Waals surface area contributed by atoms with E-state index in [0.717, 1.165) is 19.3 Å². The van der Waals surface area contributed by atoms with E-state index in [1.54, 1.807) is 0 Å². The Morgan fingerprint density at radius 1 is 1.25 bits per heavy atom. The molecule has 3 rings (SSSR count). The third-order valence-corrected chi connectivity index (χ3v) is 3.89. The van der Waals surface area contributed by atoms with Gasteiger partial charge in [0.25, 0.3) is 0 Å². The number of hydrogen-bond acceptors (Lipinski definition) is 2. The molecular formula is C9H11NO2. The zero-order valence-corrected chi connectivity index (χ0v) is 6.80. The summed E-state index contributed by atoms with van der Waals surface area (Å²) >= 11 is 0. The highest BCUT2D eigenvalue weighted by molar-refractivity contribution is 6.22. The Labute approximate surface area is 70.5 Å². The summed E-state index contributed by atoms with van der Waals surface area (Å²) in [5.41, 5.74) is -0.539. The molecule has 2 bridgehead atoms. The van der Waals surface area contributed by atoms with E-state index in [4.69, 9.17) is 0 Å². The van der Waals surface area contributed by atoms with Crippen LogP contribution in [0.1, 0.15) is 25.7 Å². The second-order valence-electron chi connectivity index (χ2n) is 4.33. The fourth-order valence-corrected chi connectivity index (χ4v) is 3.25. The minimum absolute atomic E-state index is 0.000278. The van der Waals surface area contributed by atoms with E-state index in [2.05, 4.69) is 5.32 Å². The van der Waals surface area contributed by atoms with Crippen molar-refractivity contribution in [3.05, 3.63) is 0 Å². The number of nitrogens with one attached hydrogen (secondary N) is 1. The lowest BCUT2D eigenvalue weighted by atomic mass is 9.67. The quantitative estimate of drug-likeness (QED) is 0.418. The van der Waals surface area contributed by atoms with Crippen molar-refractivity contribution < 1.29 is 9.59 Å². The Morgan fingerprint density at radius 2 is 2.00 bits per heavy atom. The van der Waals surface area contributed by atoms with Crippen molar-refractivity contribution in [2.45, 2.75) is 25.7 Å². The summed E-state index contributed by atoms with van der Waals surface area (Å²) in [6, 6.07) is 0. The number of imide groups is 1. The lowest BCUT2D eigenvalue weighted by Crippen LogP contribution is -2.66. The molecule has 2 atom stereocenters. The largest absolute Gasteiger partial charge is 0.295 e. The lowest BCUT2D eigenvalue weighted by molar-refractivity contribution is -0.161. The fourth-order valence-electron chi connectivity index (χ4n) is 3.25. The van der Waals surface area contributed by atoms with Gasteiger partial charge in [0.15, 0.2) is 0 Å². The molecule has 0 aromatic heterocycles. The van der Waals surface area contributed by atoms with Crippen LogP contribution in [-0.4, -0.2) is 11.8 Å². The maximum absolute atomic E-state index is 11.3. The molecule has 2 unspecified atom stereocenters. The Morgan fingerprint density at radius 3 is 2.33 bits per heavy atom. The number of carbonyl (C=O) groups is 2. The van der Waals surface area contributed by atoms with Crippen LogP contribution >= 0.6 is 0 Å². The standard InChI is InChI=1S/C9H11NO2/c11-7-9(8(12)10-7)4-5-1-2-6(9)3-5/h5-6H,1-4H2,(H,10,11,12). The van der Waals surface area contributed by atoms with Crippen molar-refractivity contribution in [2.75, 3.05) is 0 Å². The van der Waals surface area contributed by atoms with Gasteiger partial charge >= 0.3 is 0 Å². The molecule has 2 saturated carbocycles. The molecule has 3 fully saturated rings. The highest BCUT2D eigenvalue weighted by Gasteiger charge is 2.65. The summed E-state index contributed by atoms with van der Waals surface area (Å²) in [7, 11) is 0. The Kier molecular flexibility index (Phi) is 0.955. The van der Waals surface area contributed by atoms with Gasteiger partial charge in [-0.15, -0.1) is 0 Å². The minimum atomic E-state index is -0.539. The third kappa shape index (κ3) is 0.490. The first-order chi connectivity index (χ1) is 5.73. The molecule has 0 radical (unpaired) electrons. The molecule has 1 heterocycles. The van der Waals surface area contributed by atoms with Gasteiger partial charge in [0.2, 0.25) is 11.8 Å². The zero-order chi connectivity index (χ0) is 8.34. The highest BCUT2D eigenvalue weighted by atomic mass is 16.2. The average Bonchev–Trinajstić information content (AvgIpc) is 2.63. The van der Waals surface area contributed by atoms with Gasteiger partial charge < -0.3 is 0 Å². The van der Waals surface area contributed by atoms with E-state index in [9.17, 15) is 9.59 Å². The molecule has 1 saturated heterocycles. The SMILES string of the molecule is O=C1NC(=O)C12CC1CCC2C1. The molecule has 3 aliphatic rings. The predicted octanol–water partition coefficient (Wildman–Crippen LogP) is 0.449. The van der Waals surface area contributed by atoms with E-state index in [1.165, 1.54) is 6.42 Å². The molecular weight excluding hydrogens is 154 g/mol. The summed E-state index contributed by atoms with van der Waals surface area (Å²) in [4.78, 5) is 22.6. The number of hydrogen-bond donors (Lipinski definition) is 1. The third-order valence-electron chi connectivity index (χ3n) is 3.89. The molecule has 1 N–H and O–H groups in total.